The number of carbonyl (C=O) groups excluding carboxylic acids is 2. The van der Waals surface area contributed by atoms with Crippen molar-refractivity contribution in [3.05, 3.63) is 101 Å². The van der Waals surface area contributed by atoms with Crippen LogP contribution < -0.4 is 14.9 Å². The average Bonchev–Trinajstić information content (AvgIpc) is 2.83. The van der Waals surface area contributed by atoms with E-state index in [1.807, 2.05) is 36.4 Å². The number of nitrogens with one attached hydrogen (secondary N) is 1. The molecule has 0 saturated heterocycles. The van der Waals surface area contributed by atoms with Crippen molar-refractivity contribution in [3.63, 3.8) is 0 Å². The summed E-state index contributed by atoms with van der Waals surface area (Å²) in [5.74, 6) is 0.310. The Bertz CT molecular complexity index is 1190. The van der Waals surface area contributed by atoms with Crippen LogP contribution in [0.5, 0.6) is 11.5 Å². The Morgan fingerprint density at radius 2 is 1.59 bits per heavy atom. The highest BCUT2D eigenvalue weighted by Gasteiger charge is 2.14. The van der Waals surface area contributed by atoms with E-state index < -0.39 is 5.97 Å². The van der Waals surface area contributed by atoms with E-state index in [0.717, 1.165) is 16.9 Å². The lowest BCUT2D eigenvalue weighted by Gasteiger charge is -2.18. The van der Waals surface area contributed by atoms with Gasteiger partial charge < -0.3 is 9.47 Å². The van der Waals surface area contributed by atoms with Crippen molar-refractivity contribution in [1.82, 2.24) is 5.43 Å². The van der Waals surface area contributed by atoms with Gasteiger partial charge in [-0.15, -0.1) is 0 Å². The zero-order valence-corrected chi connectivity index (χ0v) is 19.7. The molecule has 0 unspecified atom stereocenters. The number of benzene rings is 3. The van der Waals surface area contributed by atoms with Crippen LogP contribution in [-0.2, 0) is 10.2 Å². The van der Waals surface area contributed by atoms with Crippen LogP contribution in [-0.4, -0.2) is 25.2 Å². The number of amides is 1. The Balaban J connectivity index is 1.55. The SMILES string of the molecule is COc1ccc(C=CC(=O)Oc2cccc(C=NNC(=O)c3ccc(C(C)(C)C)cc3)c2)cc1. The normalized spacial score (nSPS) is 11.5. The first kappa shape index (κ1) is 24.5. The summed E-state index contributed by atoms with van der Waals surface area (Å²) >= 11 is 0. The number of carbonyl (C=O) groups is 2. The lowest BCUT2D eigenvalue weighted by Crippen LogP contribution is -2.18. The molecule has 0 fully saturated rings. The molecule has 174 valence electrons. The molecule has 0 saturated carbocycles. The lowest BCUT2D eigenvalue weighted by molar-refractivity contribution is -0.128. The maximum atomic E-state index is 12.3. The number of rotatable bonds is 7. The van der Waals surface area contributed by atoms with Crippen LogP contribution in [0.2, 0.25) is 0 Å². The highest BCUT2D eigenvalue weighted by atomic mass is 16.5. The van der Waals surface area contributed by atoms with Gasteiger partial charge in [-0.2, -0.15) is 5.10 Å². The number of hydrogen-bond donors (Lipinski definition) is 1. The van der Waals surface area contributed by atoms with Gasteiger partial charge in [-0.3, -0.25) is 4.79 Å². The molecule has 0 aliphatic heterocycles. The van der Waals surface area contributed by atoms with Crippen LogP contribution >= 0.6 is 0 Å². The Labute approximate surface area is 199 Å². The van der Waals surface area contributed by atoms with Crippen LogP contribution in [0.4, 0.5) is 0 Å². The van der Waals surface area contributed by atoms with Crippen molar-refractivity contribution >= 4 is 24.2 Å². The first-order valence-corrected chi connectivity index (χ1v) is 10.8. The largest absolute Gasteiger partial charge is 0.497 e. The number of nitrogens with zero attached hydrogens (tertiary/aromatic N) is 1. The number of methoxy groups -OCH3 is 1. The zero-order valence-electron chi connectivity index (χ0n) is 19.7. The maximum Gasteiger partial charge on any atom is 0.336 e. The molecule has 0 atom stereocenters. The van der Waals surface area contributed by atoms with Crippen molar-refractivity contribution in [2.45, 2.75) is 26.2 Å². The molecule has 3 aromatic carbocycles. The molecule has 34 heavy (non-hydrogen) atoms. The highest BCUT2D eigenvalue weighted by molar-refractivity contribution is 5.95. The molecule has 0 heterocycles. The molecule has 6 nitrogen and oxygen atoms in total. The number of ether oxygens (including phenoxy) is 2. The molecule has 0 bridgehead atoms. The summed E-state index contributed by atoms with van der Waals surface area (Å²) in [4.78, 5) is 24.5. The van der Waals surface area contributed by atoms with Gasteiger partial charge in [0.2, 0.25) is 0 Å². The molecule has 3 rings (SSSR count). The Morgan fingerprint density at radius 3 is 2.24 bits per heavy atom. The number of hydrazone groups is 1. The molecule has 6 heteroatoms. The third-order valence-electron chi connectivity index (χ3n) is 5.00. The van der Waals surface area contributed by atoms with Gasteiger partial charge in [-0.1, -0.05) is 57.2 Å². The first-order chi connectivity index (χ1) is 16.2. The van der Waals surface area contributed by atoms with Crippen LogP contribution in [0, 0.1) is 0 Å². The second kappa shape index (κ2) is 11.1. The molecule has 0 aromatic heterocycles. The third kappa shape index (κ3) is 7.17. The Morgan fingerprint density at radius 1 is 0.882 bits per heavy atom. The number of hydrogen-bond acceptors (Lipinski definition) is 5. The zero-order chi connectivity index (χ0) is 24.6. The fourth-order valence-electron chi connectivity index (χ4n) is 3.04. The van der Waals surface area contributed by atoms with Crippen molar-refractivity contribution in [2.24, 2.45) is 5.10 Å². The summed E-state index contributed by atoms with van der Waals surface area (Å²) in [6, 6.07) is 21.6. The van der Waals surface area contributed by atoms with Gasteiger partial charge in [0.15, 0.2) is 0 Å². The minimum atomic E-state index is -0.503. The van der Waals surface area contributed by atoms with Gasteiger partial charge in [0.1, 0.15) is 11.5 Å². The predicted octanol–water partition coefficient (Wildman–Crippen LogP) is 5.38. The summed E-state index contributed by atoms with van der Waals surface area (Å²) in [7, 11) is 1.60. The van der Waals surface area contributed by atoms with Gasteiger partial charge in [-0.25, -0.2) is 10.2 Å². The molecule has 1 N–H and O–H groups in total. The summed E-state index contributed by atoms with van der Waals surface area (Å²) < 4.78 is 10.5. The Kier molecular flexibility index (Phi) is 7.98. The molecule has 3 aromatic rings. The van der Waals surface area contributed by atoms with E-state index in [1.165, 1.54) is 12.3 Å². The fourth-order valence-corrected chi connectivity index (χ4v) is 3.04. The second-order valence-corrected chi connectivity index (χ2v) is 8.63. The van der Waals surface area contributed by atoms with Gasteiger partial charge in [0.25, 0.3) is 5.91 Å². The molecule has 1 amide bonds. The third-order valence-corrected chi connectivity index (χ3v) is 5.00. The van der Waals surface area contributed by atoms with Crippen molar-refractivity contribution < 1.29 is 19.1 Å². The van der Waals surface area contributed by atoms with Gasteiger partial charge in [0.05, 0.1) is 13.3 Å². The second-order valence-electron chi connectivity index (χ2n) is 8.63. The lowest BCUT2D eigenvalue weighted by atomic mass is 9.87. The van der Waals surface area contributed by atoms with Crippen LogP contribution in [0.25, 0.3) is 6.08 Å². The first-order valence-electron chi connectivity index (χ1n) is 10.8. The average molecular weight is 457 g/mol. The molecule has 0 aliphatic rings. The van der Waals surface area contributed by atoms with Crippen molar-refractivity contribution in [3.8, 4) is 11.5 Å². The Hall–Kier alpha value is -4.19. The minimum absolute atomic E-state index is 0.0209. The van der Waals surface area contributed by atoms with E-state index in [-0.39, 0.29) is 11.3 Å². The summed E-state index contributed by atoms with van der Waals surface area (Å²) in [5, 5.41) is 4.01. The summed E-state index contributed by atoms with van der Waals surface area (Å²) in [5.41, 5.74) is 5.73. The van der Waals surface area contributed by atoms with E-state index >= 15 is 0 Å². The standard InChI is InChI=1S/C28H28N2O4/c1-28(2,3)23-13-11-22(12-14-23)27(32)30-29-19-21-6-5-7-25(18-21)34-26(31)17-10-20-8-15-24(33-4)16-9-20/h5-19H,1-4H3,(H,30,32). The minimum Gasteiger partial charge on any atom is -0.497 e. The highest BCUT2D eigenvalue weighted by Crippen LogP contribution is 2.22. The molecular formula is C28H28N2O4. The molecular weight excluding hydrogens is 428 g/mol. The quantitative estimate of drug-likeness (QED) is 0.170. The molecule has 0 radical (unpaired) electrons. The monoisotopic (exact) mass is 456 g/mol. The summed E-state index contributed by atoms with van der Waals surface area (Å²) in [6.07, 6.45) is 4.51. The van der Waals surface area contributed by atoms with Crippen LogP contribution in [0.1, 0.15) is 47.8 Å². The van der Waals surface area contributed by atoms with Crippen LogP contribution in [0.15, 0.2) is 84.0 Å². The smallest absolute Gasteiger partial charge is 0.336 e. The molecule has 0 spiro atoms. The van der Waals surface area contributed by atoms with Crippen molar-refractivity contribution in [1.29, 1.82) is 0 Å². The van der Waals surface area contributed by atoms with Gasteiger partial charge in [-0.05, 0) is 64.6 Å². The van der Waals surface area contributed by atoms with Crippen LogP contribution in [0.3, 0.4) is 0 Å². The predicted molar refractivity (Wildman–Crippen MR) is 134 cm³/mol. The summed E-state index contributed by atoms with van der Waals surface area (Å²) in [6.45, 7) is 6.36. The van der Waals surface area contributed by atoms with E-state index in [4.69, 9.17) is 9.47 Å². The van der Waals surface area contributed by atoms with Gasteiger partial charge >= 0.3 is 5.97 Å². The van der Waals surface area contributed by atoms with E-state index in [9.17, 15) is 9.59 Å². The van der Waals surface area contributed by atoms with Crippen molar-refractivity contribution in [2.75, 3.05) is 7.11 Å². The fraction of sp³-hybridized carbons (Fsp3) is 0.179. The number of esters is 1. The van der Waals surface area contributed by atoms with E-state index in [2.05, 4.69) is 31.3 Å². The topological polar surface area (TPSA) is 77.0 Å². The van der Waals surface area contributed by atoms with E-state index in [1.54, 1.807) is 49.6 Å². The maximum absolute atomic E-state index is 12.3. The van der Waals surface area contributed by atoms with Gasteiger partial charge in [0, 0.05) is 11.6 Å². The van der Waals surface area contributed by atoms with E-state index in [0.29, 0.717) is 16.9 Å². The molecule has 0 aliphatic carbocycles.